The van der Waals surface area contributed by atoms with Gasteiger partial charge in [0.05, 0.1) is 0 Å². The van der Waals surface area contributed by atoms with Crippen molar-refractivity contribution < 1.29 is 4.79 Å². The highest BCUT2D eigenvalue weighted by Crippen LogP contribution is 2.30. The number of aromatic amines is 1. The maximum absolute atomic E-state index is 12.2. The Morgan fingerprint density at radius 3 is 2.79 bits per heavy atom. The zero-order valence-electron chi connectivity index (χ0n) is 11.6. The zero-order valence-corrected chi connectivity index (χ0v) is 11.6. The third-order valence-corrected chi connectivity index (χ3v) is 4.06. The first-order valence-electron chi connectivity index (χ1n) is 7.07. The molecule has 1 aliphatic rings. The van der Waals surface area contributed by atoms with E-state index in [1.807, 2.05) is 0 Å². The molecule has 2 rings (SSSR count). The molecule has 1 fully saturated rings. The van der Waals surface area contributed by atoms with Crippen LogP contribution in [0.15, 0.2) is 23.3 Å². The van der Waals surface area contributed by atoms with Crippen molar-refractivity contribution in [2.75, 3.05) is 0 Å². The van der Waals surface area contributed by atoms with E-state index in [4.69, 9.17) is 0 Å². The van der Waals surface area contributed by atoms with Crippen LogP contribution in [0.2, 0.25) is 0 Å². The van der Waals surface area contributed by atoms with Crippen molar-refractivity contribution in [2.24, 2.45) is 11.8 Å². The molecular weight excluding hydrogens is 240 g/mol. The van der Waals surface area contributed by atoms with E-state index in [-0.39, 0.29) is 22.9 Å². The van der Waals surface area contributed by atoms with Crippen molar-refractivity contribution in [3.63, 3.8) is 0 Å². The molecule has 0 spiro atoms. The van der Waals surface area contributed by atoms with Crippen LogP contribution in [0.5, 0.6) is 0 Å². The van der Waals surface area contributed by atoms with Gasteiger partial charge in [-0.1, -0.05) is 26.7 Å². The molecule has 0 bridgehead atoms. The van der Waals surface area contributed by atoms with Gasteiger partial charge in [-0.3, -0.25) is 9.59 Å². The van der Waals surface area contributed by atoms with Crippen LogP contribution >= 0.6 is 0 Å². The number of amides is 1. The molecular formula is C15H22N2O2. The highest BCUT2D eigenvalue weighted by Gasteiger charge is 2.29. The quantitative estimate of drug-likeness (QED) is 0.878. The first-order chi connectivity index (χ1) is 9.09. The average Bonchev–Trinajstić information content (AvgIpc) is 2.39. The molecule has 1 aromatic heterocycles. The van der Waals surface area contributed by atoms with Crippen molar-refractivity contribution in [3.05, 3.63) is 34.2 Å². The third kappa shape index (κ3) is 3.25. The van der Waals surface area contributed by atoms with Crippen LogP contribution in [0.1, 0.15) is 49.9 Å². The average molecular weight is 262 g/mol. The summed E-state index contributed by atoms with van der Waals surface area (Å²) in [6.45, 7) is 4.40. The summed E-state index contributed by atoms with van der Waals surface area (Å²) in [6, 6.07) is 1.58. The molecule has 2 N–H and O–H groups in total. The van der Waals surface area contributed by atoms with E-state index in [9.17, 15) is 9.59 Å². The molecule has 0 aromatic carbocycles. The van der Waals surface area contributed by atoms with Gasteiger partial charge in [-0.05, 0) is 24.7 Å². The second kappa shape index (κ2) is 6.04. The van der Waals surface area contributed by atoms with Crippen LogP contribution in [-0.4, -0.2) is 16.9 Å². The molecule has 104 valence electrons. The number of rotatable bonds is 3. The molecule has 2 atom stereocenters. The lowest BCUT2D eigenvalue weighted by Gasteiger charge is -2.34. The summed E-state index contributed by atoms with van der Waals surface area (Å²) in [5.41, 5.74) is -0.0243. The standard InChI is InChI=1S/C15H22N2O2/c1-10(2)11-5-3-4-6-13(11)17-15(19)12-9-16-8-7-14(12)18/h7-11,13H,3-6H2,1-2H3,(H,16,18)(H,17,19). The van der Waals surface area contributed by atoms with Gasteiger partial charge in [0, 0.05) is 24.5 Å². The summed E-state index contributed by atoms with van der Waals surface area (Å²) in [5.74, 6) is 0.819. The topological polar surface area (TPSA) is 62.0 Å². The van der Waals surface area contributed by atoms with Crippen LogP contribution in [0.25, 0.3) is 0 Å². The van der Waals surface area contributed by atoms with Gasteiger partial charge < -0.3 is 10.3 Å². The molecule has 0 saturated heterocycles. The van der Waals surface area contributed by atoms with E-state index in [0.29, 0.717) is 11.8 Å². The fourth-order valence-electron chi connectivity index (χ4n) is 2.98. The Labute approximate surface area is 113 Å². The van der Waals surface area contributed by atoms with Gasteiger partial charge in [-0.25, -0.2) is 0 Å². The molecule has 0 radical (unpaired) electrons. The Morgan fingerprint density at radius 2 is 2.11 bits per heavy atom. The Bertz CT molecular complexity index is 493. The normalized spacial score (nSPS) is 23.3. The van der Waals surface area contributed by atoms with Crippen LogP contribution in [0, 0.1) is 11.8 Å². The smallest absolute Gasteiger partial charge is 0.256 e. The van der Waals surface area contributed by atoms with E-state index in [2.05, 4.69) is 24.1 Å². The minimum atomic E-state index is -0.251. The summed E-state index contributed by atoms with van der Waals surface area (Å²) in [7, 11) is 0. The number of carbonyl (C=O) groups is 1. The fraction of sp³-hybridized carbons (Fsp3) is 0.600. The first kappa shape index (κ1) is 13.8. The molecule has 0 aliphatic heterocycles. The number of nitrogens with one attached hydrogen (secondary N) is 2. The van der Waals surface area contributed by atoms with Gasteiger partial charge in [0.25, 0.3) is 5.91 Å². The van der Waals surface area contributed by atoms with E-state index in [1.165, 1.54) is 24.9 Å². The molecule has 2 unspecified atom stereocenters. The number of aromatic nitrogens is 1. The van der Waals surface area contributed by atoms with Gasteiger partial charge in [0.15, 0.2) is 5.43 Å². The Hall–Kier alpha value is -1.58. The van der Waals surface area contributed by atoms with Crippen molar-refractivity contribution in [2.45, 2.75) is 45.6 Å². The summed E-state index contributed by atoms with van der Waals surface area (Å²) in [6.07, 6.45) is 7.58. The highest BCUT2D eigenvalue weighted by molar-refractivity contribution is 5.93. The van der Waals surface area contributed by atoms with E-state index < -0.39 is 0 Å². The second-order valence-electron chi connectivity index (χ2n) is 5.69. The van der Waals surface area contributed by atoms with Crippen LogP contribution < -0.4 is 10.7 Å². The summed E-state index contributed by atoms with van der Waals surface area (Å²) in [4.78, 5) is 26.6. The van der Waals surface area contributed by atoms with Crippen molar-refractivity contribution in [1.82, 2.24) is 10.3 Å². The predicted molar refractivity (Wildman–Crippen MR) is 75.1 cm³/mol. The second-order valence-corrected chi connectivity index (χ2v) is 5.69. The molecule has 1 saturated carbocycles. The van der Waals surface area contributed by atoms with Gasteiger partial charge >= 0.3 is 0 Å². The van der Waals surface area contributed by atoms with Gasteiger partial charge in [0.1, 0.15) is 5.56 Å². The number of hydrogen-bond acceptors (Lipinski definition) is 2. The Kier molecular flexibility index (Phi) is 4.40. The lowest BCUT2D eigenvalue weighted by Crippen LogP contribution is -2.45. The van der Waals surface area contributed by atoms with Gasteiger partial charge in [0.2, 0.25) is 0 Å². The summed E-state index contributed by atoms with van der Waals surface area (Å²) < 4.78 is 0. The van der Waals surface area contributed by atoms with Gasteiger partial charge in [-0.2, -0.15) is 0 Å². The fourth-order valence-corrected chi connectivity index (χ4v) is 2.98. The highest BCUT2D eigenvalue weighted by atomic mass is 16.2. The van der Waals surface area contributed by atoms with Crippen molar-refractivity contribution in [3.8, 4) is 0 Å². The van der Waals surface area contributed by atoms with E-state index in [0.717, 1.165) is 19.3 Å². The number of pyridine rings is 1. The zero-order chi connectivity index (χ0) is 13.8. The summed E-state index contributed by atoms with van der Waals surface area (Å²) in [5, 5.41) is 3.05. The number of hydrogen-bond donors (Lipinski definition) is 2. The number of H-pyrrole nitrogens is 1. The van der Waals surface area contributed by atoms with Crippen LogP contribution in [0.4, 0.5) is 0 Å². The summed E-state index contributed by atoms with van der Waals surface area (Å²) >= 11 is 0. The first-order valence-corrected chi connectivity index (χ1v) is 7.07. The van der Waals surface area contributed by atoms with E-state index >= 15 is 0 Å². The monoisotopic (exact) mass is 262 g/mol. The molecule has 1 aromatic rings. The minimum absolute atomic E-state index is 0.195. The van der Waals surface area contributed by atoms with Crippen LogP contribution in [-0.2, 0) is 0 Å². The Morgan fingerprint density at radius 1 is 1.37 bits per heavy atom. The van der Waals surface area contributed by atoms with E-state index in [1.54, 1.807) is 0 Å². The molecule has 4 heteroatoms. The third-order valence-electron chi connectivity index (χ3n) is 4.06. The molecule has 1 aliphatic carbocycles. The molecule has 1 amide bonds. The predicted octanol–water partition coefficient (Wildman–Crippen LogP) is 2.32. The molecule has 1 heterocycles. The van der Waals surface area contributed by atoms with Crippen molar-refractivity contribution >= 4 is 5.91 Å². The maximum Gasteiger partial charge on any atom is 0.256 e. The molecule has 19 heavy (non-hydrogen) atoms. The Balaban J connectivity index is 2.09. The van der Waals surface area contributed by atoms with Crippen LogP contribution in [0.3, 0.4) is 0 Å². The molecule has 4 nitrogen and oxygen atoms in total. The number of carbonyl (C=O) groups excluding carboxylic acids is 1. The lowest BCUT2D eigenvalue weighted by molar-refractivity contribution is 0.0887. The van der Waals surface area contributed by atoms with Gasteiger partial charge in [-0.15, -0.1) is 0 Å². The SMILES string of the molecule is CC(C)C1CCCCC1NC(=O)c1c[nH]ccc1=O. The maximum atomic E-state index is 12.2. The minimum Gasteiger partial charge on any atom is -0.367 e. The van der Waals surface area contributed by atoms with Crippen molar-refractivity contribution in [1.29, 1.82) is 0 Å². The lowest BCUT2D eigenvalue weighted by atomic mass is 9.78. The largest absolute Gasteiger partial charge is 0.367 e.